The third-order valence-electron chi connectivity index (χ3n) is 3.67. The minimum Gasteiger partial charge on any atom is -0.493 e. The number of hydrogen-bond acceptors (Lipinski definition) is 5. The van der Waals surface area contributed by atoms with Crippen LogP contribution in [0.2, 0.25) is 0 Å². The fraction of sp³-hybridized carbons (Fsp3) is 0.188. The number of nitrogens with one attached hydrogen (secondary N) is 1. The lowest BCUT2D eigenvalue weighted by Gasteiger charge is -2.25. The molecular formula is C16H15N3O2. The number of ether oxygens (including phenoxy) is 1. The number of oxazole rings is 1. The molecular weight excluding hydrogens is 266 g/mol. The molecule has 0 bridgehead atoms. The van der Waals surface area contributed by atoms with Gasteiger partial charge in [0.05, 0.1) is 12.6 Å². The Morgan fingerprint density at radius 2 is 2.10 bits per heavy atom. The predicted molar refractivity (Wildman–Crippen MR) is 81.3 cm³/mol. The molecule has 1 atom stereocenters. The minimum atomic E-state index is 0.139. The topological polar surface area (TPSA) is 73.3 Å². The average Bonchev–Trinajstić information content (AvgIpc) is 2.89. The molecule has 0 fully saturated rings. The van der Waals surface area contributed by atoms with E-state index in [1.165, 1.54) is 0 Å². The van der Waals surface area contributed by atoms with E-state index in [1.54, 1.807) is 6.07 Å². The molecule has 106 valence electrons. The highest BCUT2D eigenvalue weighted by atomic mass is 16.5. The van der Waals surface area contributed by atoms with E-state index in [2.05, 4.69) is 16.4 Å². The van der Waals surface area contributed by atoms with Crippen molar-refractivity contribution in [1.82, 2.24) is 4.98 Å². The molecule has 0 saturated carbocycles. The standard InChI is InChI=1S/C16H15N3O2/c17-10-5-6-13-15(9-10)21-16(19-13)18-12-7-8-20-14-4-2-1-3-11(12)14/h1-6,9,12H,7-8,17H2,(H,18,19). The molecule has 5 nitrogen and oxygen atoms in total. The van der Waals surface area contributed by atoms with Crippen molar-refractivity contribution in [1.29, 1.82) is 0 Å². The van der Waals surface area contributed by atoms with Gasteiger partial charge in [-0.25, -0.2) is 0 Å². The number of aromatic nitrogens is 1. The third-order valence-corrected chi connectivity index (χ3v) is 3.67. The normalized spacial score (nSPS) is 17.2. The molecule has 0 saturated heterocycles. The van der Waals surface area contributed by atoms with E-state index >= 15 is 0 Å². The maximum absolute atomic E-state index is 5.76. The predicted octanol–water partition coefficient (Wildman–Crippen LogP) is 3.35. The lowest BCUT2D eigenvalue weighted by Crippen LogP contribution is -2.20. The van der Waals surface area contributed by atoms with E-state index in [0.717, 1.165) is 23.3 Å². The second kappa shape index (κ2) is 4.70. The largest absolute Gasteiger partial charge is 0.493 e. The summed E-state index contributed by atoms with van der Waals surface area (Å²) < 4.78 is 11.4. The lowest BCUT2D eigenvalue weighted by molar-refractivity contribution is 0.273. The van der Waals surface area contributed by atoms with Gasteiger partial charge in [0.25, 0.3) is 6.01 Å². The maximum Gasteiger partial charge on any atom is 0.296 e. The van der Waals surface area contributed by atoms with Crippen LogP contribution in [0.3, 0.4) is 0 Å². The summed E-state index contributed by atoms with van der Waals surface area (Å²) in [4.78, 5) is 4.45. The molecule has 1 aromatic heterocycles. The van der Waals surface area contributed by atoms with Crippen LogP contribution in [-0.4, -0.2) is 11.6 Å². The zero-order chi connectivity index (χ0) is 14.2. The zero-order valence-electron chi connectivity index (χ0n) is 11.4. The van der Waals surface area contributed by atoms with Crippen molar-refractivity contribution in [3.05, 3.63) is 48.0 Å². The van der Waals surface area contributed by atoms with E-state index in [9.17, 15) is 0 Å². The van der Waals surface area contributed by atoms with Crippen molar-refractivity contribution in [3.8, 4) is 5.75 Å². The molecule has 1 unspecified atom stereocenters. The van der Waals surface area contributed by atoms with Gasteiger partial charge in [-0.15, -0.1) is 0 Å². The molecule has 5 heteroatoms. The number of nitrogen functional groups attached to an aromatic ring is 1. The van der Waals surface area contributed by atoms with Crippen LogP contribution < -0.4 is 15.8 Å². The van der Waals surface area contributed by atoms with Crippen molar-refractivity contribution in [2.75, 3.05) is 17.7 Å². The number of nitrogens with two attached hydrogens (primary N) is 1. The Balaban J connectivity index is 1.66. The van der Waals surface area contributed by atoms with Crippen molar-refractivity contribution >= 4 is 22.8 Å². The summed E-state index contributed by atoms with van der Waals surface area (Å²) in [7, 11) is 0. The number of hydrogen-bond donors (Lipinski definition) is 2. The molecule has 2 aromatic carbocycles. The number of para-hydroxylation sites is 1. The van der Waals surface area contributed by atoms with Gasteiger partial charge >= 0.3 is 0 Å². The number of nitrogens with zero attached hydrogens (tertiary/aromatic N) is 1. The van der Waals surface area contributed by atoms with Gasteiger partial charge in [-0.3, -0.25) is 0 Å². The second-order valence-corrected chi connectivity index (χ2v) is 5.12. The summed E-state index contributed by atoms with van der Waals surface area (Å²) in [6, 6.07) is 14.1. The van der Waals surface area contributed by atoms with Gasteiger partial charge in [-0.1, -0.05) is 18.2 Å². The van der Waals surface area contributed by atoms with E-state index in [1.807, 2.05) is 30.3 Å². The highest BCUT2D eigenvalue weighted by molar-refractivity contribution is 5.78. The average molecular weight is 281 g/mol. The van der Waals surface area contributed by atoms with Crippen LogP contribution in [0, 0.1) is 0 Å². The van der Waals surface area contributed by atoms with Crippen molar-refractivity contribution < 1.29 is 9.15 Å². The Bertz CT molecular complexity index is 797. The van der Waals surface area contributed by atoms with Gasteiger partial charge < -0.3 is 20.2 Å². The summed E-state index contributed by atoms with van der Waals surface area (Å²) in [5.41, 5.74) is 9.04. The van der Waals surface area contributed by atoms with Gasteiger partial charge in [0.15, 0.2) is 5.58 Å². The highest BCUT2D eigenvalue weighted by Crippen LogP contribution is 2.34. The van der Waals surface area contributed by atoms with Crippen LogP contribution in [0.25, 0.3) is 11.1 Å². The quantitative estimate of drug-likeness (QED) is 0.705. The molecule has 3 N–H and O–H groups in total. The molecule has 0 aliphatic carbocycles. The van der Waals surface area contributed by atoms with Crippen molar-refractivity contribution in [2.45, 2.75) is 12.5 Å². The van der Waals surface area contributed by atoms with Crippen LogP contribution in [0.15, 0.2) is 46.9 Å². The summed E-state index contributed by atoms with van der Waals surface area (Å²) in [6.45, 7) is 0.682. The third kappa shape index (κ3) is 2.16. The SMILES string of the molecule is Nc1ccc2nc(NC3CCOc4ccccc43)oc2c1. The van der Waals surface area contributed by atoms with E-state index in [4.69, 9.17) is 14.9 Å². The van der Waals surface area contributed by atoms with Crippen LogP contribution in [0.4, 0.5) is 11.7 Å². The Morgan fingerprint density at radius 1 is 1.19 bits per heavy atom. The van der Waals surface area contributed by atoms with Crippen LogP contribution in [0.1, 0.15) is 18.0 Å². The fourth-order valence-electron chi connectivity index (χ4n) is 2.64. The first-order valence-electron chi connectivity index (χ1n) is 6.94. The Kier molecular flexibility index (Phi) is 2.70. The Labute approximate surface area is 121 Å². The first-order valence-corrected chi connectivity index (χ1v) is 6.94. The molecule has 1 aliphatic heterocycles. The highest BCUT2D eigenvalue weighted by Gasteiger charge is 2.22. The Morgan fingerprint density at radius 3 is 3.05 bits per heavy atom. The fourth-order valence-corrected chi connectivity index (χ4v) is 2.64. The number of rotatable bonds is 2. The first kappa shape index (κ1) is 12.1. The number of anilines is 2. The number of benzene rings is 2. The molecule has 0 radical (unpaired) electrons. The summed E-state index contributed by atoms with van der Waals surface area (Å²) in [6.07, 6.45) is 0.873. The summed E-state index contributed by atoms with van der Waals surface area (Å²) >= 11 is 0. The first-order chi connectivity index (χ1) is 10.3. The van der Waals surface area contributed by atoms with Gasteiger partial charge in [-0.2, -0.15) is 4.98 Å². The number of fused-ring (bicyclic) bond motifs is 2. The van der Waals surface area contributed by atoms with Crippen LogP contribution in [-0.2, 0) is 0 Å². The lowest BCUT2D eigenvalue weighted by atomic mass is 10.0. The van der Waals surface area contributed by atoms with Crippen molar-refractivity contribution in [3.63, 3.8) is 0 Å². The molecule has 2 heterocycles. The van der Waals surface area contributed by atoms with E-state index in [0.29, 0.717) is 23.9 Å². The van der Waals surface area contributed by atoms with E-state index in [-0.39, 0.29) is 6.04 Å². The molecule has 1 aliphatic rings. The molecule has 21 heavy (non-hydrogen) atoms. The Hall–Kier alpha value is -2.69. The van der Waals surface area contributed by atoms with Crippen LogP contribution in [0.5, 0.6) is 5.75 Å². The summed E-state index contributed by atoms with van der Waals surface area (Å²) in [5.74, 6) is 0.918. The molecule has 0 spiro atoms. The second-order valence-electron chi connectivity index (χ2n) is 5.12. The van der Waals surface area contributed by atoms with Gasteiger partial charge in [0, 0.05) is 23.7 Å². The maximum atomic E-state index is 5.76. The molecule has 3 aromatic rings. The molecule has 0 amide bonds. The monoisotopic (exact) mass is 281 g/mol. The van der Waals surface area contributed by atoms with Gasteiger partial charge in [-0.05, 0) is 18.2 Å². The van der Waals surface area contributed by atoms with Gasteiger partial charge in [0.1, 0.15) is 11.3 Å². The van der Waals surface area contributed by atoms with E-state index < -0.39 is 0 Å². The zero-order valence-corrected chi connectivity index (χ0v) is 11.4. The van der Waals surface area contributed by atoms with Crippen LogP contribution >= 0.6 is 0 Å². The van der Waals surface area contributed by atoms with Gasteiger partial charge in [0.2, 0.25) is 0 Å². The molecule has 4 rings (SSSR count). The van der Waals surface area contributed by atoms with Crippen molar-refractivity contribution in [2.24, 2.45) is 0 Å². The summed E-state index contributed by atoms with van der Waals surface area (Å²) in [5, 5.41) is 3.35. The minimum absolute atomic E-state index is 0.139. The smallest absolute Gasteiger partial charge is 0.296 e.